The van der Waals surface area contributed by atoms with Crippen molar-refractivity contribution in [1.29, 1.82) is 0 Å². The number of halogens is 3. The van der Waals surface area contributed by atoms with Crippen molar-refractivity contribution in [1.82, 2.24) is 26.2 Å². The lowest BCUT2D eigenvalue weighted by molar-refractivity contribution is 0.0175. The topological polar surface area (TPSA) is 119 Å². The molecule has 1 aromatic carbocycles. The van der Waals surface area contributed by atoms with E-state index in [1.165, 1.54) is 31.4 Å². The van der Waals surface area contributed by atoms with Crippen LogP contribution in [0.1, 0.15) is 36.3 Å². The summed E-state index contributed by atoms with van der Waals surface area (Å²) in [7, 11) is 1.43. The van der Waals surface area contributed by atoms with Crippen LogP contribution in [0.5, 0.6) is 0 Å². The molecule has 0 spiro atoms. The number of carbonyl (C=O) groups is 1. The largest absolute Gasteiger partial charge is 0.378 e. The maximum absolute atomic E-state index is 14.2. The van der Waals surface area contributed by atoms with Crippen LogP contribution in [0.15, 0.2) is 58.9 Å². The molecule has 220 valence electrons. The van der Waals surface area contributed by atoms with Crippen molar-refractivity contribution in [3.05, 3.63) is 60.2 Å². The first-order chi connectivity index (χ1) is 19.5. The van der Waals surface area contributed by atoms with Gasteiger partial charge in [0, 0.05) is 50.9 Å². The van der Waals surface area contributed by atoms with E-state index in [-0.39, 0.29) is 29.1 Å². The van der Waals surface area contributed by atoms with Gasteiger partial charge in [-0.1, -0.05) is 6.58 Å². The Kier molecular flexibility index (Phi) is 9.45. The highest BCUT2D eigenvalue weighted by atomic mass is 19.3. The maximum Gasteiger partial charge on any atom is 0.288 e. The highest BCUT2D eigenvalue weighted by molar-refractivity contribution is 6.04. The number of aliphatic imine (C=N–C) groups is 2. The average molecular weight is 574 g/mol. The smallest absolute Gasteiger partial charge is 0.288 e. The fraction of sp³-hybridized carbons (Fsp3) is 0.407. The summed E-state index contributed by atoms with van der Waals surface area (Å²) in [5, 5.41) is 4.94. The summed E-state index contributed by atoms with van der Waals surface area (Å²) >= 11 is 0. The van der Waals surface area contributed by atoms with Crippen LogP contribution >= 0.6 is 0 Å². The molecule has 2 fully saturated rings. The van der Waals surface area contributed by atoms with E-state index in [0.717, 1.165) is 13.3 Å². The number of aromatic nitrogens is 1. The van der Waals surface area contributed by atoms with Crippen LogP contribution in [0.3, 0.4) is 0 Å². The Morgan fingerprint density at radius 2 is 1.93 bits per heavy atom. The van der Waals surface area contributed by atoms with E-state index in [9.17, 15) is 18.0 Å². The molecule has 1 aromatic heterocycles. The van der Waals surface area contributed by atoms with E-state index >= 15 is 0 Å². The molecule has 11 nitrogen and oxygen atoms in total. The van der Waals surface area contributed by atoms with E-state index in [1.807, 2.05) is 11.9 Å². The van der Waals surface area contributed by atoms with Crippen LogP contribution in [0.2, 0.25) is 0 Å². The average Bonchev–Trinajstić information content (AvgIpc) is 3.39. The predicted octanol–water partition coefficient (Wildman–Crippen LogP) is 3.47. The van der Waals surface area contributed by atoms with Crippen molar-refractivity contribution in [2.24, 2.45) is 9.98 Å². The SMILES string of the molecule is C=C(F)C(=NC(=NC)NNC(=O)c1ccc(Nc2cc(N3CCC(C)N3)cc(C(C)(F)F)c2)cn1)N1CCOCC1. The molecule has 2 saturated heterocycles. The van der Waals surface area contributed by atoms with E-state index in [1.54, 1.807) is 17.0 Å². The first kappa shape index (κ1) is 29.8. The molecule has 1 unspecified atom stereocenters. The summed E-state index contributed by atoms with van der Waals surface area (Å²) in [6.07, 6.45) is 2.31. The maximum atomic E-state index is 14.2. The summed E-state index contributed by atoms with van der Waals surface area (Å²) in [5.74, 6) is -4.41. The molecule has 0 bridgehead atoms. The molecule has 1 amide bonds. The summed E-state index contributed by atoms with van der Waals surface area (Å²) in [4.78, 5) is 26.6. The molecule has 2 aliphatic rings. The van der Waals surface area contributed by atoms with Gasteiger partial charge in [0.15, 0.2) is 11.7 Å². The van der Waals surface area contributed by atoms with Crippen LogP contribution in [0.4, 0.5) is 30.2 Å². The highest BCUT2D eigenvalue weighted by Gasteiger charge is 2.27. The number of benzene rings is 1. The monoisotopic (exact) mass is 573 g/mol. The van der Waals surface area contributed by atoms with Gasteiger partial charge in [-0.25, -0.2) is 23.6 Å². The molecule has 0 radical (unpaired) electrons. The zero-order chi connectivity index (χ0) is 29.6. The Bertz CT molecular complexity index is 1310. The molecule has 2 aromatic rings. The molecule has 1 atom stereocenters. The molecule has 0 aliphatic carbocycles. The number of guanidine groups is 1. The zero-order valence-corrected chi connectivity index (χ0v) is 23.2. The van der Waals surface area contributed by atoms with E-state index in [0.29, 0.717) is 49.9 Å². The third kappa shape index (κ3) is 7.95. The summed E-state index contributed by atoms with van der Waals surface area (Å²) in [5.41, 5.74) is 9.77. The van der Waals surface area contributed by atoms with Crippen molar-refractivity contribution in [3.63, 3.8) is 0 Å². The molecular formula is C27H34F3N9O2. The van der Waals surface area contributed by atoms with Crippen molar-refractivity contribution >= 4 is 34.8 Å². The van der Waals surface area contributed by atoms with Crippen molar-refractivity contribution in [2.45, 2.75) is 32.2 Å². The number of ether oxygens (including phenoxy) is 1. The Hall–Kier alpha value is -4.17. The van der Waals surface area contributed by atoms with Crippen LogP contribution in [0.25, 0.3) is 0 Å². The number of carbonyl (C=O) groups excluding carboxylic acids is 1. The number of nitrogens with one attached hydrogen (secondary N) is 4. The van der Waals surface area contributed by atoms with Crippen LogP contribution in [-0.4, -0.2) is 73.5 Å². The van der Waals surface area contributed by atoms with E-state index in [2.05, 4.69) is 43.1 Å². The van der Waals surface area contributed by atoms with Crippen molar-refractivity contribution < 1.29 is 22.7 Å². The fourth-order valence-electron chi connectivity index (χ4n) is 4.27. The molecule has 2 aliphatic heterocycles. The second-order valence-corrected chi connectivity index (χ2v) is 9.75. The second-order valence-electron chi connectivity index (χ2n) is 9.75. The second kappa shape index (κ2) is 13.0. The summed E-state index contributed by atoms with van der Waals surface area (Å²) in [6, 6.07) is 7.95. The van der Waals surface area contributed by atoms with Crippen LogP contribution in [0, 0.1) is 0 Å². The Morgan fingerprint density at radius 3 is 2.51 bits per heavy atom. The van der Waals surface area contributed by atoms with Gasteiger partial charge in [0.25, 0.3) is 11.8 Å². The van der Waals surface area contributed by atoms with Crippen molar-refractivity contribution in [3.8, 4) is 0 Å². The van der Waals surface area contributed by atoms with Gasteiger partial charge in [-0.2, -0.15) is 4.99 Å². The van der Waals surface area contributed by atoms with E-state index < -0.39 is 17.7 Å². The van der Waals surface area contributed by atoms with Gasteiger partial charge in [-0.15, -0.1) is 0 Å². The lowest BCUT2D eigenvalue weighted by atomic mass is 10.1. The van der Waals surface area contributed by atoms with Gasteiger partial charge in [0.2, 0.25) is 5.96 Å². The minimum absolute atomic E-state index is 0.00714. The molecule has 4 N–H and O–H groups in total. The quantitative estimate of drug-likeness (QED) is 0.236. The number of amidine groups is 1. The number of hydrazine groups is 2. The number of nitrogens with zero attached hydrogens (tertiary/aromatic N) is 5. The zero-order valence-electron chi connectivity index (χ0n) is 23.2. The minimum atomic E-state index is -3.03. The van der Waals surface area contributed by atoms with Gasteiger partial charge in [-0.05, 0) is 43.7 Å². The molecular weight excluding hydrogens is 539 g/mol. The fourth-order valence-corrected chi connectivity index (χ4v) is 4.27. The molecule has 14 heteroatoms. The Morgan fingerprint density at radius 1 is 1.17 bits per heavy atom. The number of rotatable bonds is 6. The lowest BCUT2D eigenvalue weighted by Crippen LogP contribution is -2.44. The molecule has 0 saturated carbocycles. The van der Waals surface area contributed by atoms with Gasteiger partial charge < -0.3 is 20.0 Å². The number of amides is 1. The third-order valence-corrected chi connectivity index (χ3v) is 6.45. The highest BCUT2D eigenvalue weighted by Crippen LogP contribution is 2.34. The number of hydrogen-bond acceptors (Lipinski definition) is 7. The molecule has 41 heavy (non-hydrogen) atoms. The lowest BCUT2D eigenvalue weighted by Gasteiger charge is -2.29. The standard InChI is InChI=1S/C27H34F3N9O2/c1-17-7-8-39(37-17)22-14-19(27(3,29)30)13-21(15-22)33-20-5-6-23(32-16-20)25(40)35-36-26(31-4)34-24(18(2)28)38-9-11-41-12-10-38/h5-6,13-17,33,37H,2,7-12H2,1,3-4H3,(H,31,36)(H,35,40). The van der Waals surface area contributed by atoms with Crippen LogP contribution in [-0.2, 0) is 10.7 Å². The number of hydrogen-bond donors (Lipinski definition) is 4. The summed E-state index contributed by atoms with van der Waals surface area (Å²) in [6.45, 7) is 8.66. The number of alkyl halides is 2. The van der Waals surface area contributed by atoms with E-state index in [4.69, 9.17) is 4.74 Å². The predicted molar refractivity (Wildman–Crippen MR) is 152 cm³/mol. The first-order valence-electron chi connectivity index (χ1n) is 13.1. The first-order valence-corrected chi connectivity index (χ1v) is 13.1. The minimum Gasteiger partial charge on any atom is -0.378 e. The third-order valence-electron chi connectivity index (χ3n) is 6.45. The van der Waals surface area contributed by atoms with Gasteiger partial charge in [-0.3, -0.25) is 20.6 Å². The molecule has 3 heterocycles. The number of morpholine rings is 1. The number of pyridine rings is 1. The van der Waals surface area contributed by atoms with Crippen LogP contribution < -0.4 is 26.6 Å². The van der Waals surface area contributed by atoms with Gasteiger partial charge in [0.1, 0.15) is 5.69 Å². The molecule has 4 rings (SSSR count). The van der Waals surface area contributed by atoms with Gasteiger partial charge >= 0.3 is 0 Å². The summed E-state index contributed by atoms with van der Waals surface area (Å²) < 4.78 is 47.8. The van der Waals surface area contributed by atoms with Gasteiger partial charge in [0.05, 0.1) is 30.8 Å². The number of anilines is 3. The normalized spacial score (nSPS) is 18.3. The Balaban J connectivity index is 1.41. The van der Waals surface area contributed by atoms with Crippen molar-refractivity contribution in [2.75, 3.05) is 50.2 Å². The Labute approximate surface area is 236 Å².